The zero-order valence-corrected chi connectivity index (χ0v) is 18.1. The Hall–Kier alpha value is -2.90. The number of hydrogen-bond donors (Lipinski definition) is 1. The molecule has 1 aromatic carbocycles. The van der Waals surface area contributed by atoms with Crippen molar-refractivity contribution in [2.45, 2.75) is 53.2 Å². The highest BCUT2D eigenvalue weighted by Gasteiger charge is 2.28. The highest BCUT2D eigenvalue weighted by molar-refractivity contribution is 5.94. The number of aryl methyl sites for hydroxylation is 1. The number of likely N-dealkylation sites (tertiary alicyclic amines) is 1. The Labute approximate surface area is 177 Å². The van der Waals surface area contributed by atoms with Crippen molar-refractivity contribution in [3.05, 3.63) is 41.5 Å². The van der Waals surface area contributed by atoms with Crippen molar-refractivity contribution in [2.75, 3.05) is 13.1 Å². The van der Waals surface area contributed by atoms with Crippen molar-refractivity contribution in [3.63, 3.8) is 0 Å². The third-order valence-electron chi connectivity index (χ3n) is 5.56. The van der Waals surface area contributed by atoms with E-state index >= 15 is 0 Å². The number of benzene rings is 1. The minimum Gasteiger partial charge on any atom is -0.485 e. The largest absolute Gasteiger partial charge is 0.485 e. The maximum Gasteiger partial charge on any atom is 0.253 e. The molecular formula is C22H30N4O4. The Morgan fingerprint density at radius 2 is 1.87 bits per heavy atom. The number of rotatable bonds is 7. The van der Waals surface area contributed by atoms with E-state index in [-0.39, 0.29) is 30.4 Å². The molecule has 0 aliphatic carbocycles. The number of nitrogens with one attached hydrogen (secondary N) is 1. The van der Waals surface area contributed by atoms with Crippen LogP contribution in [0.3, 0.4) is 0 Å². The van der Waals surface area contributed by atoms with Gasteiger partial charge in [0.05, 0.1) is 0 Å². The van der Waals surface area contributed by atoms with Gasteiger partial charge >= 0.3 is 0 Å². The summed E-state index contributed by atoms with van der Waals surface area (Å²) in [5.41, 5.74) is 0.606. The van der Waals surface area contributed by atoms with E-state index in [1.54, 1.807) is 31.2 Å². The molecule has 1 aromatic heterocycles. The molecule has 1 N–H and O–H groups in total. The lowest BCUT2D eigenvalue weighted by Crippen LogP contribution is -2.45. The first-order chi connectivity index (χ1) is 14.3. The highest BCUT2D eigenvalue weighted by Crippen LogP contribution is 2.21. The first-order valence-electron chi connectivity index (χ1n) is 10.4. The first-order valence-corrected chi connectivity index (χ1v) is 10.4. The molecule has 162 valence electrons. The van der Waals surface area contributed by atoms with E-state index in [0.29, 0.717) is 54.9 Å². The highest BCUT2D eigenvalue weighted by atomic mass is 16.5. The van der Waals surface area contributed by atoms with Crippen LogP contribution in [-0.4, -0.2) is 46.0 Å². The van der Waals surface area contributed by atoms with Crippen LogP contribution in [0.15, 0.2) is 28.8 Å². The number of carbonyl (C=O) groups is 2. The zero-order valence-electron chi connectivity index (χ0n) is 18.1. The maximum atomic E-state index is 12.8. The predicted molar refractivity (Wildman–Crippen MR) is 111 cm³/mol. The van der Waals surface area contributed by atoms with Crippen molar-refractivity contribution in [1.29, 1.82) is 0 Å². The fourth-order valence-electron chi connectivity index (χ4n) is 3.28. The van der Waals surface area contributed by atoms with Crippen LogP contribution >= 0.6 is 0 Å². The molecule has 8 heteroatoms. The number of carbonyl (C=O) groups excluding carboxylic acids is 2. The molecule has 0 radical (unpaired) electrons. The zero-order chi connectivity index (χ0) is 21.7. The van der Waals surface area contributed by atoms with Gasteiger partial charge in [-0.15, -0.1) is 0 Å². The standard InChI is InChI=1S/C22H30N4O4/c1-14(2)15(3)23-21(27)17-9-11-26(12-10-17)22(28)18-5-7-19(8-6-18)29-13-20-24-16(4)30-25-20/h5-8,14-15,17H,9-13H2,1-4H3,(H,23,27). The summed E-state index contributed by atoms with van der Waals surface area (Å²) < 4.78 is 10.5. The van der Waals surface area contributed by atoms with E-state index < -0.39 is 0 Å². The van der Waals surface area contributed by atoms with Crippen LogP contribution in [-0.2, 0) is 11.4 Å². The molecule has 1 fully saturated rings. The lowest BCUT2D eigenvalue weighted by atomic mass is 9.94. The Morgan fingerprint density at radius 1 is 1.20 bits per heavy atom. The number of piperidine rings is 1. The molecule has 30 heavy (non-hydrogen) atoms. The molecular weight excluding hydrogens is 384 g/mol. The lowest BCUT2D eigenvalue weighted by molar-refractivity contribution is -0.127. The summed E-state index contributed by atoms with van der Waals surface area (Å²) in [4.78, 5) is 31.1. The monoisotopic (exact) mass is 414 g/mol. The van der Waals surface area contributed by atoms with Crippen LogP contribution in [0.25, 0.3) is 0 Å². The minimum absolute atomic E-state index is 0.0234. The van der Waals surface area contributed by atoms with Gasteiger partial charge in [-0.05, 0) is 49.9 Å². The van der Waals surface area contributed by atoms with Crippen molar-refractivity contribution in [3.8, 4) is 5.75 Å². The molecule has 1 aliphatic rings. The lowest BCUT2D eigenvalue weighted by Gasteiger charge is -2.32. The molecule has 8 nitrogen and oxygen atoms in total. The van der Waals surface area contributed by atoms with Crippen molar-refractivity contribution in [1.82, 2.24) is 20.4 Å². The Morgan fingerprint density at radius 3 is 2.43 bits per heavy atom. The van der Waals surface area contributed by atoms with E-state index in [2.05, 4.69) is 29.3 Å². The summed E-state index contributed by atoms with van der Waals surface area (Å²) in [5.74, 6) is 2.04. The van der Waals surface area contributed by atoms with Crippen LogP contribution < -0.4 is 10.1 Å². The molecule has 3 rings (SSSR count). The Bertz CT molecular complexity index is 854. The van der Waals surface area contributed by atoms with Crippen LogP contribution in [0.1, 0.15) is 55.7 Å². The first kappa shape index (κ1) is 21.8. The third-order valence-corrected chi connectivity index (χ3v) is 5.56. The molecule has 2 amide bonds. The van der Waals surface area contributed by atoms with Crippen LogP contribution in [0, 0.1) is 18.8 Å². The average Bonchev–Trinajstić information content (AvgIpc) is 3.17. The summed E-state index contributed by atoms with van der Waals surface area (Å²) in [6.45, 7) is 9.31. The Kier molecular flexibility index (Phi) is 7.07. The number of nitrogens with zero attached hydrogens (tertiary/aromatic N) is 3. The van der Waals surface area contributed by atoms with Gasteiger partial charge in [0.2, 0.25) is 17.6 Å². The van der Waals surface area contributed by atoms with E-state index in [0.717, 1.165) is 0 Å². The second-order valence-corrected chi connectivity index (χ2v) is 8.15. The molecule has 2 heterocycles. The number of aromatic nitrogens is 2. The van der Waals surface area contributed by atoms with E-state index in [1.165, 1.54) is 0 Å². The third kappa shape index (κ3) is 5.58. The summed E-state index contributed by atoms with van der Waals surface area (Å²) >= 11 is 0. The van der Waals surface area contributed by atoms with Gasteiger partial charge in [0.25, 0.3) is 5.91 Å². The molecule has 0 saturated carbocycles. The fourth-order valence-corrected chi connectivity index (χ4v) is 3.28. The van der Waals surface area contributed by atoms with Gasteiger partial charge in [-0.1, -0.05) is 19.0 Å². The second kappa shape index (κ2) is 9.73. The summed E-state index contributed by atoms with van der Waals surface area (Å²) in [7, 11) is 0. The van der Waals surface area contributed by atoms with Gasteiger partial charge in [0.15, 0.2) is 6.61 Å². The van der Waals surface area contributed by atoms with Crippen LogP contribution in [0.5, 0.6) is 5.75 Å². The van der Waals surface area contributed by atoms with E-state index in [9.17, 15) is 9.59 Å². The van der Waals surface area contributed by atoms with E-state index in [1.807, 2.05) is 11.8 Å². The summed E-state index contributed by atoms with van der Waals surface area (Å²) in [6, 6.07) is 7.17. The summed E-state index contributed by atoms with van der Waals surface area (Å²) in [5, 5.41) is 6.87. The normalized spacial score (nSPS) is 15.8. The fraction of sp³-hybridized carbons (Fsp3) is 0.545. The van der Waals surface area contributed by atoms with Gasteiger partial charge < -0.3 is 19.5 Å². The van der Waals surface area contributed by atoms with Crippen LogP contribution in [0.4, 0.5) is 0 Å². The number of amides is 2. The van der Waals surface area contributed by atoms with Crippen molar-refractivity contribution >= 4 is 11.8 Å². The number of hydrogen-bond acceptors (Lipinski definition) is 6. The summed E-state index contributed by atoms with van der Waals surface area (Å²) in [6.07, 6.45) is 1.38. The van der Waals surface area contributed by atoms with Gasteiger partial charge in [-0.3, -0.25) is 9.59 Å². The van der Waals surface area contributed by atoms with Gasteiger partial charge in [0.1, 0.15) is 5.75 Å². The number of ether oxygens (including phenoxy) is 1. The van der Waals surface area contributed by atoms with Gasteiger partial charge in [0, 0.05) is 37.5 Å². The van der Waals surface area contributed by atoms with E-state index in [4.69, 9.17) is 9.26 Å². The SMILES string of the molecule is Cc1nc(COc2ccc(C(=O)N3CCC(C(=O)NC(C)C(C)C)CC3)cc2)no1. The molecule has 0 bridgehead atoms. The van der Waals surface area contributed by atoms with Gasteiger partial charge in [-0.2, -0.15) is 4.98 Å². The topological polar surface area (TPSA) is 97.6 Å². The molecule has 1 atom stereocenters. The molecule has 1 unspecified atom stereocenters. The Balaban J connectivity index is 1.48. The maximum absolute atomic E-state index is 12.8. The van der Waals surface area contributed by atoms with Crippen molar-refractivity contribution < 1.29 is 18.8 Å². The molecule has 0 spiro atoms. The van der Waals surface area contributed by atoms with Crippen molar-refractivity contribution in [2.24, 2.45) is 11.8 Å². The molecule has 2 aromatic rings. The second-order valence-electron chi connectivity index (χ2n) is 8.15. The van der Waals surface area contributed by atoms with Crippen LogP contribution in [0.2, 0.25) is 0 Å². The van der Waals surface area contributed by atoms with Gasteiger partial charge in [-0.25, -0.2) is 0 Å². The minimum atomic E-state index is -0.0280. The molecule has 1 aliphatic heterocycles. The predicted octanol–water partition coefficient (Wildman–Crippen LogP) is 2.97. The smallest absolute Gasteiger partial charge is 0.253 e. The average molecular weight is 415 g/mol. The molecule has 1 saturated heterocycles. The quantitative estimate of drug-likeness (QED) is 0.748.